The average molecular weight is 249 g/mol. The molecule has 1 aromatic rings. The van der Waals surface area contributed by atoms with E-state index in [1.165, 1.54) is 23.5 Å². The minimum atomic E-state index is 0.395. The van der Waals surface area contributed by atoms with E-state index in [1.807, 2.05) is 0 Å². The molecule has 3 heteroatoms. The summed E-state index contributed by atoms with van der Waals surface area (Å²) in [5, 5.41) is 3.43. The highest BCUT2D eigenvalue weighted by molar-refractivity contribution is 7.99. The van der Waals surface area contributed by atoms with Crippen LogP contribution in [0.2, 0.25) is 0 Å². The van der Waals surface area contributed by atoms with Crippen molar-refractivity contribution in [3.05, 3.63) is 29.8 Å². The number of hydrogen-bond acceptors (Lipinski definition) is 3. The van der Waals surface area contributed by atoms with Gasteiger partial charge in [0.1, 0.15) is 11.9 Å². The van der Waals surface area contributed by atoms with Crippen LogP contribution in [0, 0.1) is 5.92 Å². The summed E-state index contributed by atoms with van der Waals surface area (Å²) in [4.78, 5) is 0. The number of benzene rings is 1. The van der Waals surface area contributed by atoms with Crippen molar-refractivity contribution >= 4 is 11.8 Å². The lowest BCUT2D eigenvalue weighted by Crippen LogP contribution is -2.35. The minimum absolute atomic E-state index is 0.395. The molecule has 0 aromatic heterocycles. The molecule has 0 radical (unpaired) electrons. The van der Waals surface area contributed by atoms with Gasteiger partial charge in [-0.15, -0.1) is 0 Å². The van der Waals surface area contributed by atoms with Crippen molar-refractivity contribution in [2.24, 2.45) is 5.92 Å². The zero-order chi connectivity index (χ0) is 11.7. The number of ether oxygens (including phenoxy) is 1. The van der Waals surface area contributed by atoms with Gasteiger partial charge in [-0.1, -0.05) is 18.2 Å². The largest absolute Gasteiger partial charge is 0.490 e. The van der Waals surface area contributed by atoms with E-state index in [0.717, 1.165) is 18.1 Å². The summed E-state index contributed by atoms with van der Waals surface area (Å²) in [7, 11) is 2.08. The zero-order valence-corrected chi connectivity index (χ0v) is 11.0. The van der Waals surface area contributed by atoms with Gasteiger partial charge in [0.05, 0.1) is 0 Å². The molecule has 3 atom stereocenters. The van der Waals surface area contributed by atoms with Crippen molar-refractivity contribution < 1.29 is 4.74 Å². The molecule has 3 unspecified atom stereocenters. The predicted molar refractivity (Wildman–Crippen MR) is 72.8 cm³/mol. The van der Waals surface area contributed by atoms with Crippen LogP contribution in [-0.2, 0) is 6.42 Å². The van der Waals surface area contributed by atoms with Crippen molar-refractivity contribution in [2.75, 3.05) is 18.6 Å². The first-order valence-electron chi connectivity index (χ1n) is 6.36. The second kappa shape index (κ2) is 4.91. The van der Waals surface area contributed by atoms with Crippen molar-refractivity contribution in [2.45, 2.75) is 25.0 Å². The number of fused-ring (bicyclic) bond motifs is 1. The summed E-state index contributed by atoms with van der Waals surface area (Å²) in [6.07, 6.45) is 2.67. The van der Waals surface area contributed by atoms with E-state index in [1.54, 1.807) is 0 Å². The van der Waals surface area contributed by atoms with Gasteiger partial charge in [0.25, 0.3) is 0 Å². The Morgan fingerprint density at radius 3 is 3.06 bits per heavy atom. The Kier molecular flexibility index (Phi) is 3.30. The van der Waals surface area contributed by atoms with Crippen molar-refractivity contribution in [3.63, 3.8) is 0 Å². The van der Waals surface area contributed by atoms with Crippen LogP contribution in [0.15, 0.2) is 24.3 Å². The van der Waals surface area contributed by atoms with Crippen LogP contribution >= 0.6 is 11.8 Å². The third-order valence-electron chi connectivity index (χ3n) is 3.85. The molecule has 17 heavy (non-hydrogen) atoms. The molecule has 2 heterocycles. The van der Waals surface area contributed by atoms with Crippen LogP contribution in [0.3, 0.4) is 0 Å². The SMILES string of the molecule is CNC1CSCC1CC1Cc2ccccc2O1. The Balaban J connectivity index is 1.62. The molecule has 1 fully saturated rings. The third-order valence-corrected chi connectivity index (χ3v) is 5.11. The molecular weight excluding hydrogens is 230 g/mol. The summed E-state index contributed by atoms with van der Waals surface area (Å²) in [6.45, 7) is 0. The lowest BCUT2D eigenvalue weighted by atomic mass is 9.94. The molecule has 2 aliphatic heterocycles. The molecule has 0 bridgehead atoms. The monoisotopic (exact) mass is 249 g/mol. The van der Waals surface area contributed by atoms with Crippen LogP contribution in [0.25, 0.3) is 0 Å². The molecule has 0 amide bonds. The van der Waals surface area contributed by atoms with E-state index in [-0.39, 0.29) is 0 Å². The number of nitrogens with one attached hydrogen (secondary N) is 1. The predicted octanol–water partition coefficient (Wildman–Crippen LogP) is 2.33. The van der Waals surface area contributed by atoms with Gasteiger partial charge in [0, 0.05) is 18.2 Å². The molecule has 1 saturated heterocycles. The smallest absolute Gasteiger partial charge is 0.123 e. The average Bonchev–Trinajstić information content (AvgIpc) is 2.94. The first-order valence-corrected chi connectivity index (χ1v) is 7.52. The highest BCUT2D eigenvalue weighted by atomic mass is 32.2. The van der Waals surface area contributed by atoms with E-state index < -0.39 is 0 Å². The molecule has 92 valence electrons. The van der Waals surface area contributed by atoms with Gasteiger partial charge in [-0.25, -0.2) is 0 Å². The van der Waals surface area contributed by atoms with Gasteiger partial charge in [-0.2, -0.15) is 11.8 Å². The molecule has 2 aliphatic rings. The third kappa shape index (κ3) is 2.31. The molecule has 0 aliphatic carbocycles. The highest BCUT2D eigenvalue weighted by Gasteiger charge is 2.32. The van der Waals surface area contributed by atoms with Crippen LogP contribution < -0.4 is 10.1 Å². The Hall–Kier alpha value is -0.670. The van der Waals surface area contributed by atoms with Crippen molar-refractivity contribution in [1.82, 2.24) is 5.32 Å². The minimum Gasteiger partial charge on any atom is -0.490 e. The maximum Gasteiger partial charge on any atom is 0.123 e. The van der Waals surface area contributed by atoms with Crippen LogP contribution in [-0.4, -0.2) is 30.7 Å². The Morgan fingerprint density at radius 1 is 1.35 bits per heavy atom. The van der Waals surface area contributed by atoms with E-state index >= 15 is 0 Å². The first-order chi connectivity index (χ1) is 8.36. The second-order valence-electron chi connectivity index (χ2n) is 4.98. The van der Waals surface area contributed by atoms with E-state index in [0.29, 0.717) is 12.1 Å². The Labute approximate surface area is 107 Å². The maximum absolute atomic E-state index is 6.02. The van der Waals surface area contributed by atoms with Gasteiger partial charge in [-0.05, 0) is 36.8 Å². The van der Waals surface area contributed by atoms with Crippen molar-refractivity contribution in [1.29, 1.82) is 0 Å². The Morgan fingerprint density at radius 2 is 2.24 bits per heavy atom. The fraction of sp³-hybridized carbons (Fsp3) is 0.571. The number of thioether (sulfide) groups is 1. The van der Waals surface area contributed by atoms with Crippen molar-refractivity contribution in [3.8, 4) is 5.75 Å². The quantitative estimate of drug-likeness (QED) is 0.888. The molecule has 3 rings (SSSR count). The summed E-state index contributed by atoms with van der Waals surface area (Å²) < 4.78 is 6.02. The molecule has 2 nitrogen and oxygen atoms in total. The molecular formula is C14H19NOS. The summed E-state index contributed by atoms with van der Waals surface area (Å²) in [6, 6.07) is 9.12. The second-order valence-corrected chi connectivity index (χ2v) is 6.06. The fourth-order valence-electron chi connectivity index (χ4n) is 2.87. The van der Waals surface area contributed by atoms with Crippen LogP contribution in [0.4, 0.5) is 0 Å². The summed E-state index contributed by atoms with van der Waals surface area (Å²) in [5.74, 6) is 4.40. The molecule has 0 spiro atoms. The van der Waals surface area contributed by atoms with E-state index in [2.05, 4.69) is 48.4 Å². The Bertz CT molecular complexity index is 371. The van der Waals surface area contributed by atoms with Gasteiger partial charge in [0.2, 0.25) is 0 Å². The fourth-order valence-corrected chi connectivity index (χ4v) is 4.37. The van der Waals surface area contributed by atoms with Gasteiger partial charge >= 0.3 is 0 Å². The zero-order valence-electron chi connectivity index (χ0n) is 10.2. The topological polar surface area (TPSA) is 21.3 Å². The van der Waals surface area contributed by atoms with E-state index in [9.17, 15) is 0 Å². The van der Waals surface area contributed by atoms with Gasteiger partial charge in [0.15, 0.2) is 0 Å². The summed E-state index contributed by atoms with van der Waals surface area (Å²) in [5.41, 5.74) is 1.38. The summed E-state index contributed by atoms with van der Waals surface area (Å²) >= 11 is 2.06. The maximum atomic E-state index is 6.02. The molecule has 1 N–H and O–H groups in total. The van der Waals surface area contributed by atoms with Crippen LogP contribution in [0.5, 0.6) is 5.75 Å². The van der Waals surface area contributed by atoms with Gasteiger partial charge < -0.3 is 10.1 Å². The van der Waals surface area contributed by atoms with Crippen LogP contribution in [0.1, 0.15) is 12.0 Å². The first kappa shape index (κ1) is 11.4. The normalized spacial score (nSPS) is 31.2. The standard InChI is InChI=1S/C14H19NOS/c1-15-13-9-17-8-11(13)7-12-6-10-4-2-3-5-14(10)16-12/h2-5,11-13,15H,6-9H2,1H3. The number of rotatable bonds is 3. The highest BCUT2D eigenvalue weighted by Crippen LogP contribution is 2.34. The van der Waals surface area contributed by atoms with Gasteiger partial charge in [-0.3, -0.25) is 0 Å². The van der Waals surface area contributed by atoms with E-state index in [4.69, 9.17) is 4.74 Å². The lowest BCUT2D eigenvalue weighted by molar-refractivity contribution is 0.190. The molecule has 1 aromatic carbocycles. The molecule has 0 saturated carbocycles. The number of hydrogen-bond donors (Lipinski definition) is 1. The number of para-hydroxylation sites is 1. The lowest BCUT2D eigenvalue weighted by Gasteiger charge is -2.21.